The third-order valence-corrected chi connectivity index (χ3v) is 3.61. The number of amides is 2. The summed E-state index contributed by atoms with van der Waals surface area (Å²) >= 11 is 0. The fourth-order valence-electron chi connectivity index (χ4n) is 1.87. The minimum atomic E-state index is -0.187. The molecule has 0 heterocycles. The van der Waals surface area contributed by atoms with Crippen LogP contribution in [0.4, 0.5) is 4.79 Å². The van der Waals surface area contributed by atoms with Crippen molar-refractivity contribution in [2.45, 2.75) is 39.8 Å². The zero-order valence-electron chi connectivity index (χ0n) is 13.7. The van der Waals surface area contributed by atoms with Crippen molar-refractivity contribution in [3.8, 4) is 11.5 Å². The molecule has 0 radical (unpaired) electrons. The molecule has 0 saturated carbocycles. The lowest BCUT2D eigenvalue weighted by Gasteiger charge is -2.22. The Kier molecular flexibility index (Phi) is 6.34. The van der Waals surface area contributed by atoms with Crippen LogP contribution >= 0.6 is 0 Å². The van der Waals surface area contributed by atoms with Gasteiger partial charge in [-0.2, -0.15) is 0 Å². The molecule has 1 rings (SSSR count). The summed E-state index contributed by atoms with van der Waals surface area (Å²) in [5.74, 6) is 1.84. The van der Waals surface area contributed by atoms with E-state index in [2.05, 4.69) is 24.5 Å². The van der Waals surface area contributed by atoms with E-state index in [-0.39, 0.29) is 18.1 Å². The number of rotatable bonds is 6. The highest BCUT2D eigenvalue weighted by molar-refractivity contribution is 5.74. The summed E-state index contributed by atoms with van der Waals surface area (Å²) in [4.78, 5) is 12.0. The first kappa shape index (κ1) is 17.1. The third-order valence-electron chi connectivity index (χ3n) is 3.61. The number of ether oxygens (including phenoxy) is 2. The molecule has 0 saturated heterocycles. The van der Waals surface area contributed by atoms with E-state index in [9.17, 15) is 4.79 Å². The molecule has 1 aromatic carbocycles. The van der Waals surface area contributed by atoms with Gasteiger partial charge in [-0.3, -0.25) is 0 Å². The number of hydrogen-bond donors (Lipinski definition) is 2. The Labute approximate surface area is 127 Å². The normalized spacial score (nSPS) is 13.5. The summed E-state index contributed by atoms with van der Waals surface area (Å²) in [6.45, 7) is 8.04. The zero-order chi connectivity index (χ0) is 16.0. The second-order valence-corrected chi connectivity index (χ2v) is 5.48. The minimum absolute atomic E-state index is 0.115. The maximum absolute atomic E-state index is 12.0. The maximum atomic E-state index is 12.0. The first-order valence-electron chi connectivity index (χ1n) is 7.18. The van der Waals surface area contributed by atoms with E-state index in [0.717, 1.165) is 17.1 Å². The van der Waals surface area contributed by atoms with Crippen LogP contribution in [0.1, 0.15) is 39.3 Å². The lowest BCUT2D eigenvalue weighted by Crippen LogP contribution is -2.43. The van der Waals surface area contributed by atoms with Gasteiger partial charge in [-0.15, -0.1) is 0 Å². The van der Waals surface area contributed by atoms with E-state index in [1.54, 1.807) is 14.2 Å². The van der Waals surface area contributed by atoms with Crippen molar-refractivity contribution in [3.05, 3.63) is 23.8 Å². The molecule has 0 aliphatic carbocycles. The van der Waals surface area contributed by atoms with Crippen molar-refractivity contribution in [1.82, 2.24) is 10.6 Å². The van der Waals surface area contributed by atoms with Crippen molar-refractivity contribution in [3.63, 3.8) is 0 Å². The molecule has 21 heavy (non-hydrogen) atoms. The average Bonchev–Trinajstić information content (AvgIpc) is 2.45. The Morgan fingerprint density at radius 3 is 2.24 bits per heavy atom. The first-order valence-corrected chi connectivity index (χ1v) is 7.18. The maximum Gasteiger partial charge on any atom is 0.315 e. The molecule has 0 bridgehead atoms. The highest BCUT2D eigenvalue weighted by Crippen LogP contribution is 2.29. The summed E-state index contributed by atoms with van der Waals surface area (Å²) in [5, 5.41) is 5.85. The van der Waals surface area contributed by atoms with Crippen LogP contribution in [-0.4, -0.2) is 26.3 Å². The van der Waals surface area contributed by atoms with E-state index in [1.165, 1.54) is 0 Å². The molecule has 2 atom stereocenters. The number of nitrogens with one attached hydrogen (secondary N) is 2. The summed E-state index contributed by atoms with van der Waals surface area (Å²) in [7, 11) is 3.22. The van der Waals surface area contributed by atoms with Crippen molar-refractivity contribution in [1.29, 1.82) is 0 Å². The third kappa shape index (κ3) is 4.85. The van der Waals surface area contributed by atoms with Crippen LogP contribution in [-0.2, 0) is 0 Å². The van der Waals surface area contributed by atoms with Crippen molar-refractivity contribution >= 4 is 6.03 Å². The smallest absolute Gasteiger partial charge is 0.315 e. The lowest BCUT2D eigenvalue weighted by atomic mass is 10.1. The standard InChI is InChI=1S/C16H26N2O3/c1-10(2)11(3)17-16(19)18-12(4)14-9-13(20-5)7-8-15(14)21-6/h7-12H,1-6H3,(H2,17,18,19). The monoisotopic (exact) mass is 294 g/mol. The number of benzene rings is 1. The molecular formula is C16H26N2O3. The van der Waals surface area contributed by atoms with Crippen LogP contribution in [0.15, 0.2) is 18.2 Å². The van der Waals surface area contributed by atoms with Gasteiger partial charge in [0.2, 0.25) is 0 Å². The molecule has 118 valence electrons. The second kappa shape index (κ2) is 7.76. The van der Waals surface area contributed by atoms with Crippen LogP contribution in [0.2, 0.25) is 0 Å². The van der Waals surface area contributed by atoms with Crippen LogP contribution < -0.4 is 20.1 Å². The molecule has 0 spiro atoms. The van der Waals surface area contributed by atoms with Gasteiger partial charge in [-0.25, -0.2) is 4.79 Å². The van der Waals surface area contributed by atoms with E-state index >= 15 is 0 Å². The molecule has 0 aromatic heterocycles. The van der Waals surface area contributed by atoms with E-state index in [4.69, 9.17) is 9.47 Å². The molecule has 0 fully saturated rings. The molecule has 0 aliphatic heterocycles. The van der Waals surface area contributed by atoms with Crippen molar-refractivity contribution in [2.75, 3.05) is 14.2 Å². The quantitative estimate of drug-likeness (QED) is 0.847. The molecular weight excluding hydrogens is 268 g/mol. The Balaban J connectivity index is 2.78. The summed E-state index contributed by atoms with van der Waals surface area (Å²) in [6.07, 6.45) is 0. The second-order valence-electron chi connectivity index (χ2n) is 5.48. The SMILES string of the molecule is COc1ccc(OC)c(C(C)NC(=O)NC(C)C(C)C)c1. The number of urea groups is 1. The van der Waals surface area contributed by atoms with Gasteiger partial charge < -0.3 is 20.1 Å². The zero-order valence-corrected chi connectivity index (χ0v) is 13.7. The van der Waals surface area contributed by atoms with E-state index in [0.29, 0.717) is 5.92 Å². The lowest BCUT2D eigenvalue weighted by molar-refractivity contribution is 0.231. The molecule has 2 amide bonds. The molecule has 5 nitrogen and oxygen atoms in total. The minimum Gasteiger partial charge on any atom is -0.497 e. The predicted molar refractivity (Wildman–Crippen MR) is 83.9 cm³/mol. The molecule has 2 unspecified atom stereocenters. The molecule has 1 aromatic rings. The average molecular weight is 294 g/mol. The van der Waals surface area contributed by atoms with Crippen LogP contribution in [0.25, 0.3) is 0 Å². The summed E-state index contributed by atoms with van der Waals surface area (Å²) in [5.41, 5.74) is 0.879. The van der Waals surface area contributed by atoms with Crippen LogP contribution in [0.5, 0.6) is 11.5 Å². The predicted octanol–water partition coefficient (Wildman–Crippen LogP) is 3.11. The fourth-order valence-corrected chi connectivity index (χ4v) is 1.87. The van der Waals surface area contributed by atoms with Gasteiger partial charge in [0, 0.05) is 11.6 Å². The molecule has 2 N–H and O–H groups in total. The van der Waals surface area contributed by atoms with Crippen LogP contribution in [0, 0.1) is 5.92 Å². The Hall–Kier alpha value is -1.91. The largest absolute Gasteiger partial charge is 0.497 e. The number of methoxy groups -OCH3 is 2. The van der Waals surface area contributed by atoms with Gasteiger partial charge in [-0.1, -0.05) is 13.8 Å². The highest BCUT2D eigenvalue weighted by atomic mass is 16.5. The first-order chi connectivity index (χ1) is 9.88. The van der Waals surface area contributed by atoms with Gasteiger partial charge >= 0.3 is 6.03 Å². The fraction of sp³-hybridized carbons (Fsp3) is 0.562. The van der Waals surface area contributed by atoms with Gasteiger partial charge in [0.15, 0.2) is 0 Å². The van der Waals surface area contributed by atoms with Crippen LogP contribution in [0.3, 0.4) is 0 Å². The summed E-state index contributed by atoms with van der Waals surface area (Å²) < 4.78 is 10.6. The van der Waals surface area contributed by atoms with Gasteiger partial charge in [-0.05, 0) is 38.0 Å². The topological polar surface area (TPSA) is 59.6 Å². The van der Waals surface area contributed by atoms with Gasteiger partial charge in [0.05, 0.1) is 20.3 Å². The Bertz CT molecular complexity index is 475. The molecule has 5 heteroatoms. The van der Waals surface area contributed by atoms with Crippen molar-refractivity contribution < 1.29 is 14.3 Å². The number of hydrogen-bond acceptors (Lipinski definition) is 3. The van der Waals surface area contributed by atoms with Crippen molar-refractivity contribution in [2.24, 2.45) is 5.92 Å². The Morgan fingerprint density at radius 2 is 1.71 bits per heavy atom. The van der Waals surface area contributed by atoms with Gasteiger partial charge in [0.25, 0.3) is 0 Å². The van der Waals surface area contributed by atoms with E-state index in [1.807, 2.05) is 32.0 Å². The summed E-state index contributed by atoms with van der Waals surface area (Å²) in [6, 6.07) is 5.28. The highest BCUT2D eigenvalue weighted by Gasteiger charge is 2.17. The molecule has 0 aliphatic rings. The number of carbonyl (C=O) groups is 1. The number of carbonyl (C=O) groups excluding carboxylic acids is 1. The van der Waals surface area contributed by atoms with E-state index < -0.39 is 0 Å². The van der Waals surface area contributed by atoms with Gasteiger partial charge in [0.1, 0.15) is 11.5 Å². The Morgan fingerprint density at radius 1 is 1.05 bits per heavy atom.